The van der Waals surface area contributed by atoms with Crippen LogP contribution in [0.4, 0.5) is 0 Å². The lowest BCUT2D eigenvalue weighted by Gasteiger charge is -1.99. The summed E-state index contributed by atoms with van der Waals surface area (Å²) < 4.78 is 4.78. The molecule has 0 aliphatic heterocycles. The molecule has 1 aliphatic carbocycles. The van der Waals surface area contributed by atoms with E-state index in [0.29, 0.717) is 6.61 Å². The maximum Gasteiger partial charge on any atom is 0.302 e. The molecule has 0 unspecified atom stereocenters. The van der Waals surface area contributed by atoms with E-state index in [1.54, 1.807) is 0 Å². The largest absolute Gasteiger partial charge is 0.466 e. The van der Waals surface area contributed by atoms with Crippen LogP contribution in [-0.4, -0.2) is 12.6 Å². The van der Waals surface area contributed by atoms with Crippen molar-refractivity contribution in [2.75, 3.05) is 6.61 Å². The van der Waals surface area contributed by atoms with E-state index in [0.717, 1.165) is 12.3 Å². The Morgan fingerprint density at radius 2 is 2.30 bits per heavy atom. The van der Waals surface area contributed by atoms with Crippen LogP contribution in [0.1, 0.15) is 32.6 Å². The fourth-order valence-electron chi connectivity index (χ4n) is 0.994. The molecule has 0 radical (unpaired) electrons. The quantitative estimate of drug-likeness (QED) is 0.441. The summed E-state index contributed by atoms with van der Waals surface area (Å²) in [5, 5.41) is 0. The van der Waals surface area contributed by atoms with Crippen LogP contribution in [0.15, 0.2) is 0 Å². The molecule has 0 aromatic carbocycles. The minimum atomic E-state index is -0.157. The van der Waals surface area contributed by atoms with Gasteiger partial charge in [0.15, 0.2) is 0 Å². The number of ether oxygens (including phenoxy) is 1. The Labute approximate surface area is 61.6 Å². The zero-order chi connectivity index (χ0) is 7.40. The van der Waals surface area contributed by atoms with Gasteiger partial charge in [-0.25, -0.2) is 0 Å². The molecule has 0 aromatic rings. The van der Waals surface area contributed by atoms with Crippen LogP contribution < -0.4 is 0 Å². The first-order chi connectivity index (χ1) is 4.79. The third kappa shape index (κ3) is 3.49. The smallest absolute Gasteiger partial charge is 0.302 e. The Bertz CT molecular complexity index is 116. The van der Waals surface area contributed by atoms with Crippen LogP contribution in [0.3, 0.4) is 0 Å². The number of carbonyl (C=O) groups excluding carboxylic acids is 1. The fraction of sp³-hybridized carbons (Fsp3) is 0.875. The molecule has 0 amide bonds. The van der Waals surface area contributed by atoms with Crippen LogP contribution in [0, 0.1) is 5.92 Å². The van der Waals surface area contributed by atoms with E-state index in [4.69, 9.17) is 4.74 Å². The van der Waals surface area contributed by atoms with Gasteiger partial charge in [-0.1, -0.05) is 12.8 Å². The van der Waals surface area contributed by atoms with Gasteiger partial charge in [-0.2, -0.15) is 0 Å². The highest BCUT2D eigenvalue weighted by atomic mass is 16.5. The molecule has 1 saturated carbocycles. The monoisotopic (exact) mass is 142 g/mol. The van der Waals surface area contributed by atoms with Crippen molar-refractivity contribution in [1.29, 1.82) is 0 Å². The lowest BCUT2D eigenvalue weighted by Crippen LogP contribution is -2.00. The summed E-state index contributed by atoms with van der Waals surface area (Å²) >= 11 is 0. The summed E-state index contributed by atoms with van der Waals surface area (Å²) in [6, 6.07) is 0. The minimum Gasteiger partial charge on any atom is -0.466 e. The van der Waals surface area contributed by atoms with Gasteiger partial charge in [0.25, 0.3) is 0 Å². The highest BCUT2D eigenvalue weighted by Gasteiger charge is 2.20. The van der Waals surface area contributed by atoms with Crippen molar-refractivity contribution in [1.82, 2.24) is 0 Å². The van der Waals surface area contributed by atoms with Crippen molar-refractivity contribution in [3.8, 4) is 0 Å². The molecule has 2 heteroatoms. The van der Waals surface area contributed by atoms with E-state index < -0.39 is 0 Å². The standard InChI is InChI=1S/C8H14O2/c1-7(9)10-6-2-3-8-4-5-8/h8H,2-6H2,1H3. The maximum atomic E-state index is 10.3. The Morgan fingerprint density at radius 1 is 1.60 bits per heavy atom. The zero-order valence-corrected chi connectivity index (χ0v) is 6.43. The van der Waals surface area contributed by atoms with Gasteiger partial charge in [0.05, 0.1) is 6.61 Å². The topological polar surface area (TPSA) is 26.3 Å². The van der Waals surface area contributed by atoms with Gasteiger partial charge in [0.2, 0.25) is 0 Å². The number of esters is 1. The van der Waals surface area contributed by atoms with E-state index in [9.17, 15) is 4.79 Å². The molecule has 0 spiro atoms. The molecule has 0 aromatic heterocycles. The summed E-state index contributed by atoms with van der Waals surface area (Å²) in [5.74, 6) is 0.798. The third-order valence-electron chi connectivity index (χ3n) is 1.76. The van der Waals surface area contributed by atoms with Crippen LogP contribution in [0.5, 0.6) is 0 Å². The van der Waals surface area contributed by atoms with Crippen LogP contribution >= 0.6 is 0 Å². The van der Waals surface area contributed by atoms with Crippen LogP contribution in [0.25, 0.3) is 0 Å². The Kier molecular flexibility index (Phi) is 2.72. The van der Waals surface area contributed by atoms with Crippen molar-refractivity contribution >= 4 is 5.97 Å². The molecule has 2 nitrogen and oxygen atoms in total. The SMILES string of the molecule is CC(=O)OCCCC1CC1. The van der Waals surface area contributed by atoms with Crippen molar-refractivity contribution < 1.29 is 9.53 Å². The van der Waals surface area contributed by atoms with Crippen molar-refractivity contribution in [2.45, 2.75) is 32.6 Å². The van der Waals surface area contributed by atoms with Gasteiger partial charge in [0.1, 0.15) is 0 Å². The van der Waals surface area contributed by atoms with Gasteiger partial charge < -0.3 is 4.74 Å². The average Bonchev–Trinajstić information content (AvgIpc) is 2.62. The lowest BCUT2D eigenvalue weighted by atomic mass is 10.2. The lowest BCUT2D eigenvalue weighted by molar-refractivity contribution is -0.141. The van der Waals surface area contributed by atoms with E-state index in [1.165, 1.54) is 26.2 Å². The molecule has 10 heavy (non-hydrogen) atoms. The molecule has 0 saturated heterocycles. The highest BCUT2D eigenvalue weighted by Crippen LogP contribution is 2.33. The van der Waals surface area contributed by atoms with Crippen molar-refractivity contribution in [3.63, 3.8) is 0 Å². The first-order valence-electron chi connectivity index (χ1n) is 3.92. The zero-order valence-electron chi connectivity index (χ0n) is 6.43. The number of hydrogen-bond acceptors (Lipinski definition) is 2. The van der Waals surface area contributed by atoms with Crippen LogP contribution in [-0.2, 0) is 9.53 Å². The van der Waals surface area contributed by atoms with Gasteiger partial charge >= 0.3 is 5.97 Å². The summed E-state index contributed by atoms with van der Waals surface area (Å²) in [4.78, 5) is 10.3. The molecule has 58 valence electrons. The number of hydrogen-bond donors (Lipinski definition) is 0. The Hall–Kier alpha value is -0.530. The van der Waals surface area contributed by atoms with E-state index in [-0.39, 0.29) is 5.97 Å². The summed E-state index contributed by atoms with van der Waals surface area (Å²) in [7, 11) is 0. The predicted octanol–water partition coefficient (Wildman–Crippen LogP) is 1.74. The normalized spacial score (nSPS) is 16.9. The molecule has 1 rings (SSSR count). The molecule has 1 fully saturated rings. The number of carbonyl (C=O) groups is 1. The van der Waals surface area contributed by atoms with Gasteiger partial charge in [-0.15, -0.1) is 0 Å². The van der Waals surface area contributed by atoms with E-state index in [2.05, 4.69) is 0 Å². The first-order valence-corrected chi connectivity index (χ1v) is 3.92. The Morgan fingerprint density at radius 3 is 2.80 bits per heavy atom. The second-order valence-corrected chi connectivity index (χ2v) is 2.93. The predicted molar refractivity (Wildman–Crippen MR) is 38.6 cm³/mol. The van der Waals surface area contributed by atoms with E-state index >= 15 is 0 Å². The second kappa shape index (κ2) is 3.59. The summed E-state index contributed by atoms with van der Waals surface area (Å²) in [6.45, 7) is 2.07. The maximum absolute atomic E-state index is 10.3. The highest BCUT2D eigenvalue weighted by molar-refractivity contribution is 5.65. The molecular formula is C8H14O2. The third-order valence-corrected chi connectivity index (χ3v) is 1.76. The summed E-state index contributed by atoms with van der Waals surface area (Å²) in [6.07, 6.45) is 5.07. The second-order valence-electron chi connectivity index (χ2n) is 2.93. The molecule has 0 heterocycles. The molecular weight excluding hydrogens is 128 g/mol. The minimum absolute atomic E-state index is 0.157. The summed E-state index contributed by atoms with van der Waals surface area (Å²) in [5.41, 5.74) is 0. The molecule has 1 aliphatic rings. The van der Waals surface area contributed by atoms with Crippen LogP contribution in [0.2, 0.25) is 0 Å². The van der Waals surface area contributed by atoms with Gasteiger partial charge in [-0.3, -0.25) is 4.79 Å². The van der Waals surface area contributed by atoms with Gasteiger partial charge in [-0.05, 0) is 18.8 Å². The fourth-order valence-corrected chi connectivity index (χ4v) is 0.994. The number of rotatable bonds is 4. The van der Waals surface area contributed by atoms with E-state index in [1.807, 2.05) is 0 Å². The Balaban J connectivity index is 1.80. The van der Waals surface area contributed by atoms with Crippen molar-refractivity contribution in [3.05, 3.63) is 0 Å². The average molecular weight is 142 g/mol. The molecule has 0 N–H and O–H groups in total. The molecule has 0 bridgehead atoms. The van der Waals surface area contributed by atoms with Gasteiger partial charge in [0, 0.05) is 6.92 Å². The first kappa shape index (κ1) is 7.58. The molecule has 0 atom stereocenters. The van der Waals surface area contributed by atoms with Crippen molar-refractivity contribution in [2.24, 2.45) is 5.92 Å².